The Hall–Kier alpha value is -3.60. The van der Waals surface area contributed by atoms with Crippen molar-refractivity contribution in [3.05, 3.63) is 95.3 Å². The third-order valence-corrected chi connectivity index (χ3v) is 5.41. The van der Waals surface area contributed by atoms with Crippen LogP contribution in [0.5, 0.6) is 5.75 Å². The molecule has 0 atom stereocenters. The molecule has 0 aliphatic heterocycles. The highest BCUT2D eigenvalue weighted by atomic mass is 19.1. The number of alkyl carbamates (subject to hydrolysis) is 1. The van der Waals surface area contributed by atoms with Crippen LogP contribution in [0.1, 0.15) is 29.0 Å². The Morgan fingerprint density at radius 1 is 1.03 bits per heavy atom. The van der Waals surface area contributed by atoms with Gasteiger partial charge in [0.25, 0.3) is 0 Å². The summed E-state index contributed by atoms with van der Waals surface area (Å²) in [5.74, 6) is -0.140. The molecule has 0 spiro atoms. The molecule has 3 aromatic rings. The Kier molecular flexibility index (Phi) is 6.32. The van der Waals surface area contributed by atoms with Gasteiger partial charge in [0.2, 0.25) is 0 Å². The molecular formula is C26H24FNO3. The van der Waals surface area contributed by atoms with Crippen molar-refractivity contribution in [2.24, 2.45) is 0 Å². The van der Waals surface area contributed by atoms with Gasteiger partial charge in [0.05, 0.1) is 7.11 Å². The second-order valence-electron chi connectivity index (χ2n) is 7.34. The van der Waals surface area contributed by atoms with Crippen LogP contribution < -0.4 is 10.1 Å². The van der Waals surface area contributed by atoms with Gasteiger partial charge in [-0.05, 0) is 46.4 Å². The van der Waals surface area contributed by atoms with Crippen molar-refractivity contribution in [3.8, 4) is 16.9 Å². The summed E-state index contributed by atoms with van der Waals surface area (Å²) < 4.78 is 24.1. The van der Waals surface area contributed by atoms with Crippen LogP contribution in [0.25, 0.3) is 17.2 Å². The molecule has 0 bridgehead atoms. The predicted octanol–water partition coefficient (Wildman–Crippen LogP) is 5.78. The van der Waals surface area contributed by atoms with Gasteiger partial charge in [-0.1, -0.05) is 66.7 Å². The first-order chi connectivity index (χ1) is 15.2. The van der Waals surface area contributed by atoms with E-state index in [0.717, 1.165) is 5.56 Å². The lowest BCUT2D eigenvalue weighted by Crippen LogP contribution is -2.26. The topological polar surface area (TPSA) is 47.6 Å². The highest BCUT2D eigenvalue weighted by Gasteiger charge is 2.28. The van der Waals surface area contributed by atoms with Gasteiger partial charge in [0.15, 0.2) is 11.6 Å². The first kappa shape index (κ1) is 20.7. The van der Waals surface area contributed by atoms with Crippen molar-refractivity contribution < 1.29 is 18.7 Å². The van der Waals surface area contributed by atoms with E-state index in [0.29, 0.717) is 19.6 Å². The maximum atomic E-state index is 13.7. The first-order valence-corrected chi connectivity index (χ1v) is 10.3. The van der Waals surface area contributed by atoms with Gasteiger partial charge >= 0.3 is 6.09 Å². The molecule has 4 rings (SSSR count). The molecule has 1 N–H and O–H groups in total. The summed E-state index contributed by atoms with van der Waals surface area (Å²) in [5.41, 5.74) is 5.51. The zero-order chi connectivity index (χ0) is 21.6. The molecule has 158 valence electrons. The Labute approximate surface area is 181 Å². The standard InChI is InChI=1S/C26H24FNO3/c1-30-25-14-13-18(16-24(25)27)8-6-7-15-28-26(29)31-17-23-21-11-4-2-9-19(21)20-10-3-5-12-22(20)23/h2-6,8-14,16,23H,7,15,17H2,1H3,(H,28,29). The van der Waals surface area contributed by atoms with Crippen LogP contribution in [0.3, 0.4) is 0 Å². The number of amides is 1. The zero-order valence-corrected chi connectivity index (χ0v) is 17.3. The summed E-state index contributed by atoms with van der Waals surface area (Å²) >= 11 is 0. The van der Waals surface area contributed by atoms with Gasteiger partial charge < -0.3 is 14.8 Å². The Bertz CT molecular complexity index is 1060. The third-order valence-electron chi connectivity index (χ3n) is 5.41. The largest absolute Gasteiger partial charge is 0.494 e. The first-order valence-electron chi connectivity index (χ1n) is 10.3. The predicted molar refractivity (Wildman–Crippen MR) is 120 cm³/mol. The van der Waals surface area contributed by atoms with Gasteiger partial charge in [-0.2, -0.15) is 0 Å². The van der Waals surface area contributed by atoms with Crippen molar-refractivity contribution >= 4 is 12.2 Å². The number of halogens is 1. The number of fused-ring (bicyclic) bond motifs is 3. The molecule has 0 saturated carbocycles. The second kappa shape index (κ2) is 9.47. The van der Waals surface area contributed by atoms with Gasteiger partial charge in [0, 0.05) is 12.5 Å². The van der Waals surface area contributed by atoms with Crippen LogP contribution in [-0.2, 0) is 4.74 Å². The quantitative estimate of drug-likeness (QED) is 0.496. The minimum absolute atomic E-state index is 0.0445. The third kappa shape index (κ3) is 4.61. The minimum atomic E-state index is -0.439. The Morgan fingerprint density at radius 3 is 2.35 bits per heavy atom. The molecule has 5 heteroatoms. The Morgan fingerprint density at radius 2 is 1.71 bits per heavy atom. The maximum absolute atomic E-state index is 13.7. The van der Waals surface area contributed by atoms with E-state index in [9.17, 15) is 9.18 Å². The van der Waals surface area contributed by atoms with Gasteiger partial charge in [0.1, 0.15) is 6.61 Å². The second-order valence-corrected chi connectivity index (χ2v) is 7.34. The van der Waals surface area contributed by atoms with E-state index in [4.69, 9.17) is 9.47 Å². The summed E-state index contributed by atoms with van der Waals surface area (Å²) in [7, 11) is 1.43. The summed E-state index contributed by atoms with van der Waals surface area (Å²) in [6, 6.07) is 21.2. The summed E-state index contributed by atoms with van der Waals surface area (Å²) in [6.45, 7) is 0.729. The Balaban J connectivity index is 1.26. The monoisotopic (exact) mass is 417 g/mol. The van der Waals surface area contributed by atoms with Crippen LogP contribution in [0.4, 0.5) is 9.18 Å². The molecule has 0 fully saturated rings. The summed E-state index contributed by atoms with van der Waals surface area (Å²) in [5, 5.41) is 2.76. The lowest BCUT2D eigenvalue weighted by Gasteiger charge is -2.14. The molecule has 1 amide bonds. The van der Waals surface area contributed by atoms with E-state index < -0.39 is 11.9 Å². The lowest BCUT2D eigenvalue weighted by molar-refractivity contribution is 0.143. The molecule has 31 heavy (non-hydrogen) atoms. The minimum Gasteiger partial charge on any atom is -0.494 e. The van der Waals surface area contributed by atoms with E-state index in [2.05, 4.69) is 29.6 Å². The van der Waals surface area contributed by atoms with E-state index in [1.807, 2.05) is 36.4 Å². The zero-order valence-electron chi connectivity index (χ0n) is 17.3. The number of carbonyl (C=O) groups excluding carboxylic acids is 1. The van der Waals surface area contributed by atoms with Crippen LogP contribution >= 0.6 is 0 Å². The molecule has 0 radical (unpaired) electrons. The fraction of sp³-hybridized carbons (Fsp3) is 0.192. The van der Waals surface area contributed by atoms with Crippen molar-refractivity contribution in [1.29, 1.82) is 0 Å². The number of hydrogen-bond acceptors (Lipinski definition) is 3. The molecule has 1 aliphatic carbocycles. The van der Waals surface area contributed by atoms with E-state index >= 15 is 0 Å². The maximum Gasteiger partial charge on any atom is 0.407 e. The number of methoxy groups -OCH3 is 1. The molecule has 3 aromatic carbocycles. The number of hydrogen-bond donors (Lipinski definition) is 1. The van der Waals surface area contributed by atoms with Crippen molar-refractivity contribution in [1.82, 2.24) is 5.32 Å². The summed E-state index contributed by atoms with van der Waals surface area (Å²) in [6.07, 6.45) is 3.86. The van der Waals surface area contributed by atoms with Crippen LogP contribution in [0.15, 0.2) is 72.8 Å². The summed E-state index contributed by atoms with van der Waals surface area (Å²) in [4.78, 5) is 12.2. The molecule has 0 unspecified atom stereocenters. The molecule has 4 nitrogen and oxygen atoms in total. The smallest absolute Gasteiger partial charge is 0.407 e. The average Bonchev–Trinajstić information content (AvgIpc) is 3.11. The van der Waals surface area contributed by atoms with Crippen LogP contribution in [0.2, 0.25) is 0 Å². The highest BCUT2D eigenvalue weighted by molar-refractivity contribution is 5.79. The van der Waals surface area contributed by atoms with Gasteiger partial charge in [-0.3, -0.25) is 0 Å². The fourth-order valence-corrected chi connectivity index (χ4v) is 3.91. The van der Waals surface area contributed by atoms with Crippen molar-refractivity contribution in [2.75, 3.05) is 20.3 Å². The van der Waals surface area contributed by atoms with Gasteiger partial charge in [-0.15, -0.1) is 0 Å². The number of benzene rings is 3. The normalized spacial score (nSPS) is 12.5. The molecular weight excluding hydrogens is 393 g/mol. The van der Waals surface area contributed by atoms with Gasteiger partial charge in [-0.25, -0.2) is 9.18 Å². The SMILES string of the molecule is COc1ccc(C=CCCNC(=O)OCC2c3ccccc3-c3ccccc32)cc1F. The van der Waals surface area contributed by atoms with E-state index in [1.165, 1.54) is 35.4 Å². The van der Waals surface area contributed by atoms with Crippen LogP contribution in [0, 0.1) is 5.82 Å². The number of ether oxygens (including phenoxy) is 2. The molecule has 0 saturated heterocycles. The molecule has 1 aliphatic rings. The van der Waals surface area contributed by atoms with Crippen molar-refractivity contribution in [3.63, 3.8) is 0 Å². The number of carbonyl (C=O) groups is 1. The highest BCUT2D eigenvalue weighted by Crippen LogP contribution is 2.44. The number of rotatable bonds is 7. The number of nitrogens with one attached hydrogen (secondary N) is 1. The molecule has 0 aromatic heterocycles. The fourth-order valence-electron chi connectivity index (χ4n) is 3.91. The average molecular weight is 417 g/mol. The van der Waals surface area contributed by atoms with E-state index in [-0.39, 0.29) is 11.7 Å². The lowest BCUT2D eigenvalue weighted by atomic mass is 9.98. The van der Waals surface area contributed by atoms with Crippen molar-refractivity contribution in [2.45, 2.75) is 12.3 Å². The van der Waals surface area contributed by atoms with Crippen LogP contribution in [-0.4, -0.2) is 26.4 Å². The van der Waals surface area contributed by atoms with E-state index in [1.54, 1.807) is 12.1 Å². The molecule has 0 heterocycles.